The fourth-order valence-corrected chi connectivity index (χ4v) is 6.08. The fourth-order valence-electron chi connectivity index (χ4n) is 4.19. The minimum absolute atomic E-state index is 0.302. The van der Waals surface area contributed by atoms with Gasteiger partial charge in [0.25, 0.3) is 0 Å². The van der Waals surface area contributed by atoms with E-state index in [4.69, 9.17) is 0 Å². The molecule has 3 aromatic carbocycles. The monoisotopic (exact) mass is 412 g/mol. The first kappa shape index (κ1) is 20.1. The van der Waals surface area contributed by atoms with Crippen molar-refractivity contribution in [2.24, 2.45) is 0 Å². The minimum Gasteiger partial charge on any atom is -0.207 e. The van der Waals surface area contributed by atoms with Crippen molar-refractivity contribution < 1.29 is 13.2 Å². The number of thioether (sulfide) groups is 1. The van der Waals surface area contributed by atoms with E-state index in [-0.39, 0.29) is 17.5 Å². The molecule has 29 heavy (non-hydrogen) atoms. The van der Waals surface area contributed by atoms with Gasteiger partial charge < -0.3 is 0 Å². The van der Waals surface area contributed by atoms with Crippen LogP contribution in [0.1, 0.15) is 48.8 Å². The Morgan fingerprint density at radius 2 is 0.897 bits per heavy atom. The van der Waals surface area contributed by atoms with Gasteiger partial charge in [0.15, 0.2) is 0 Å². The van der Waals surface area contributed by atoms with Gasteiger partial charge in [0, 0.05) is 5.25 Å². The van der Waals surface area contributed by atoms with Crippen LogP contribution in [0.5, 0.6) is 0 Å². The Morgan fingerprint density at radius 3 is 1.24 bits per heavy atom. The molecule has 0 amide bonds. The molecule has 1 aliphatic carbocycles. The molecular formula is C25H23F3S. The van der Waals surface area contributed by atoms with Crippen molar-refractivity contribution in [3.8, 4) is 0 Å². The third-order valence-corrected chi connectivity index (χ3v) is 7.51. The second kappa shape index (κ2) is 8.66. The van der Waals surface area contributed by atoms with Crippen molar-refractivity contribution >= 4 is 11.8 Å². The van der Waals surface area contributed by atoms with Gasteiger partial charge in [-0.2, -0.15) is 0 Å². The number of rotatable bonds is 5. The van der Waals surface area contributed by atoms with Crippen LogP contribution in [-0.2, 0) is 4.75 Å². The molecule has 4 rings (SSSR count). The summed E-state index contributed by atoms with van der Waals surface area (Å²) in [6, 6.07) is 19.5. The molecule has 0 unspecified atom stereocenters. The SMILES string of the molecule is Fc1ccc(C(SC2CCCCC2)(c2ccc(F)cc2)c2ccc(F)cc2)cc1. The van der Waals surface area contributed by atoms with Crippen molar-refractivity contribution in [2.75, 3.05) is 0 Å². The second-order valence-electron chi connectivity index (χ2n) is 7.58. The number of hydrogen-bond donors (Lipinski definition) is 0. The molecule has 0 aromatic heterocycles. The first-order valence-corrected chi connectivity index (χ1v) is 10.9. The highest BCUT2D eigenvalue weighted by Crippen LogP contribution is 2.52. The summed E-state index contributed by atoms with van der Waals surface area (Å²) in [5, 5.41) is 0.420. The summed E-state index contributed by atoms with van der Waals surface area (Å²) in [4.78, 5) is 0. The summed E-state index contributed by atoms with van der Waals surface area (Å²) >= 11 is 1.82. The zero-order valence-electron chi connectivity index (χ0n) is 16.1. The molecule has 0 aliphatic heterocycles. The van der Waals surface area contributed by atoms with Crippen LogP contribution in [0.2, 0.25) is 0 Å². The van der Waals surface area contributed by atoms with Crippen LogP contribution < -0.4 is 0 Å². The molecule has 0 radical (unpaired) electrons. The van der Waals surface area contributed by atoms with E-state index in [0.717, 1.165) is 29.5 Å². The molecule has 1 saturated carbocycles. The molecule has 1 fully saturated rings. The maximum atomic E-state index is 13.7. The van der Waals surface area contributed by atoms with Crippen LogP contribution in [0.4, 0.5) is 13.2 Å². The van der Waals surface area contributed by atoms with Crippen molar-refractivity contribution in [1.29, 1.82) is 0 Å². The lowest BCUT2D eigenvalue weighted by Crippen LogP contribution is -2.29. The Kier molecular flexibility index (Phi) is 6.00. The van der Waals surface area contributed by atoms with E-state index in [1.165, 1.54) is 55.7 Å². The van der Waals surface area contributed by atoms with E-state index in [2.05, 4.69) is 0 Å². The lowest BCUT2D eigenvalue weighted by molar-refractivity contribution is 0.513. The lowest BCUT2D eigenvalue weighted by atomic mass is 9.84. The minimum atomic E-state index is -0.670. The Balaban J connectivity index is 1.93. The Bertz CT molecular complexity index is 816. The lowest BCUT2D eigenvalue weighted by Gasteiger charge is -2.39. The van der Waals surface area contributed by atoms with Crippen LogP contribution in [0.25, 0.3) is 0 Å². The summed E-state index contributed by atoms with van der Waals surface area (Å²) in [5.74, 6) is -0.907. The van der Waals surface area contributed by atoms with Crippen LogP contribution in [0.15, 0.2) is 72.8 Å². The van der Waals surface area contributed by atoms with E-state index in [1.807, 2.05) is 11.8 Å². The number of hydrogen-bond acceptors (Lipinski definition) is 1. The average Bonchev–Trinajstić information content (AvgIpc) is 2.75. The zero-order valence-corrected chi connectivity index (χ0v) is 16.9. The molecule has 1 aliphatic rings. The summed E-state index contributed by atoms with van der Waals surface area (Å²) in [5.41, 5.74) is 2.73. The Morgan fingerprint density at radius 1 is 0.552 bits per heavy atom. The highest BCUT2D eigenvalue weighted by Gasteiger charge is 2.39. The first-order valence-electron chi connectivity index (χ1n) is 10.0. The normalized spacial score (nSPS) is 15.4. The molecule has 0 atom stereocenters. The van der Waals surface area contributed by atoms with Gasteiger partial charge in [-0.05, 0) is 65.9 Å². The number of halogens is 3. The van der Waals surface area contributed by atoms with Gasteiger partial charge in [-0.25, -0.2) is 13.2 Å². The predicted octanol–water partition coefficient (Wildman–Crippen LogP) is 7.46. The summed E-state index contributed by atoms with van der Waals surface area (Å²) in [7, 11) is 0. The molecular weight excluding hydrogens is 389 g/mol. The predicted molar refractivity (Wildman–Crippen MR) is 114 cm³/mol. The zero-order chi connectivity index (χ0) is 20.3. The van der Waals surface area contributed by atoms with E-state index < -0.39 is 4.75 Å². The van der Waals surface area contributed by atoms with Crippen molar-refractivity contribution in [3.63, 3.8) is 0 Å². The van der Waals surface area contributed by atoms with E-state index in [1.54, 1.807) is 36.4 Å². The third-order valence-electron chi connectivity index (χ3n) is 5.65. The first-order chi connectivity index (χ1) is 14.1. The Hall–Kier alpha value is -2.20. The highest BCUT2D eigenvalue weighted by molar-refractivity contribution is 8.01. The van der Waals surface area contributed by atoms with Gasteiger partial charge in [0.2, 0.25) is 0 Å². The molecule has 0 spiro atoms. The van der Waals surface area contributed by atoms with Crippen LogP contribution in [0.3, 0.4) is 0 Å². The quantitative estimate of drug-likeness (QED) is 0.392. The molecule has 0 N–H and O–H groups in total. The maximum Gasteiger partial charge on any atom is 0.123 e. The van der Waals surface area contributed by atoms with E-state index in [9.17, 15) is 13.2 Å². The van der Waals surface area contributed by atoms with Gasteiger partial charge in [0.1, 0.15) is 17.5 Å². The molecule has 0 nitrogen and oxygen atoms in total. The maximum absolute atomic E-state index is 13.7. The van der Waals surface area contributed by atoms with E-state index in [0.29, 0.717) is 5.25 Å². The topological polar surface area (TPSA) is 0 Å². The molecule has 150 valence electrons. The fraction of sp³-hybridized carbons (Fsp3) is 0.280. The third kappa shape index (κ3) is 4.23. The van der Waals surface area contributed by atoms with Gasteiger partial charge in [0.05, 0.1) is 4.75 Å². The van der Waals surface area contributed by atoms with Gasteiger partial charge in [-0.1, -0.05) is 55.7 Å². The highest BCUT2D eigenvalue weighted by atomic mass is 32.2. The number of benzene rings is 3. The molecule has 4 heteroatoms. The molecule has 0 bridgehead atoms. The Labute approximate surface area is 174 Å². The van der Waals surface area contributed by atoms with Gasteiger partial charge in [-0.15, -0.1) is 11.8 Å². The van der Waals surface area contributed by atoms with Crippen molar-refractivity contribution in [1.82, 2.24) is 0 Å². The van der Waals surface area contributed by atoms with Gasteiger partial charge in [-0.3, -0.25) is 0 Å². The van der Waals surface area contributed by atoms with Crippen molar-refractivity contribution in [3.05, 3.63) is 107 Å². The molecule has 0 heterocycles. The van der Waals surface area contributed by atoms with Crippen LogP contribution in [0, 0.1) is 17.5 Å². The smallest absolute Gasteiger partial charge is 0.123 e. The van der Waals surface area contributed by atoms with Gasteiger partial charge >= 0.3 is 0 Å². The largest absolute Gasteiger partial charge is 0.207 e. The van der Waals surface area contributed by atoms with Crippen LogP contribution >= 0.6 is 11.8 Å². The van der Waals surface area contributed by atoms with E-state index >= 15 is 0 Å². The second-order valence-corrected chi connectivity index (χ2v) is 9.09. The summed E-state index contributed by atoms with van der Waals surface area (Å²) in [6.45, 7) is 0. The molecule has 0 saturated heterocycles. The van der Waals surface area contributed by atoms with Crippen molar-refractivity contribution in [2.45, 2.75) is 42.1 Å². The van der Waals surface area contributed by atoms with Crippen LogP contribution in [-0.4, -0.2) is 5.25 Å². The summed E-state index contributed by atoms with van der Waals surface area (Å²) in [6.07, 6.45) is 5.83. The summed E-state index contributed by atoms with van der Waals surface area (Å²) < 4.78 is 40.5. The average molecular weight is 413 g/mol. The standard InChI is InChI=1S/C25H23F3S/c26-21-12-6-18(7-13-21)25(19-8-14-22(27)15-9-19,20-10-16-23(28)17-11-20)29-24-4-2-1-3-5-24/h6-17,24H,1-5H2. The molecule has 3 aromatic rings.